The minimum atomic E-state index is 0.223. The van der Waals surface area contributed by atoms with Crippen molar-refractivity contribution in [3.8, 4) is 0 Å². The highest BCUT2D eigenvalue weighted by Crippen LogP contribution is 2.29. The van der Waals surface area contributed by atoms with Gasteiger partial charge in [-0.2, -0.15) is 5.10 Å². The maximum atomic E-state index is 4.17. The van der Waals surface area contributed by atoms with E-state index in [2.05, 4.69) is 49.2 Å². The predicted molar refractivity (Wildman–Crippen MR) is 77.1 cm³/mol. The molecule has 1 aromatic heterocycles. The number of anilines is 1. The lowest BCUT2D eigenvalue weighted by Crippen LogP contribution is -2.06. The second-order valence-corrected chi connectivity index (χ2v) is 5.71. The summed E-state index contributed by atoms with van der Waals surface area (Å²) >= 11 is 6.98. The first kappa shape index (κ1) is 12.6. The van der Waals surface area contributed by atoms with E-state index >= 15 is 0 Å². The molecule has 0 bridgehead atoms. The zero-order valence-corrected chi connectivity index (χ0v) is 12.8. The van der Waals surface area contributed by atoms with Gasteiger partial charge in [0.05, 0.1) is 12.2 Å². The normalized spacial score (nSPS) is 12.5. The van der Waals surface area contributed by atoms with Crippen molar-refractivity contribution in [3.05, 3.63) is 45.1 Å². The molecule has 1 atom stereocenters. The summed E-state index contributed by atoms with van der Waals surface area (Å²) in [7, 11) is 1.92. The Morgan fingerprint density at radius 2 is 2.12 bits per heavy atom. The van der Waals surface area contributed by atoms with Gasteiger partial charge in [-0.3, -0.25) is 4.68 Å². The summed E-state index contributed by atoms with van der Waals surface area (Å²) < 4.78 is 3.91. The Morgan fingerprint density at radius 3 is 2.71 bits per heavy atom. The van der Waals surface area contributed by atoms with E-state index in [0.29, 0.717) is 0 Å². The molecule has 0 amide bonds. The van der Waals surface area contributed by atoms with Crippen molar-refractivity contribution in [1.82, 2.24) is 9.78 Å². The van der Waals surface area contributed by atoms with E-state index < -0.39 is 0 Å². The molecule has 3 nitrogen and oxygen atoms in total. The van der Waals surface area contributed by atoms with Crippen molar-refractivity contribution in [2.75, 3.05) is 5.32 Å². The maximum absolute atomic E-state index is 4.17. The summed E-state index contributed by atoms with van der Waals surface area (Å²) in [4.78, 5) is 0. The molecule has 0 fully saturated rings. The molecular formula is C12H13Br2N3. The van der Waals surface area contributed by atoms with Gasteiger partial charge in [0.1, 0.15) is 0 Å². The summed E-state index contributed by atoms with van der Waals surface area (Å²) in [5.41, 5.74) is 2.24. The fourth-order valence-corrected chi connectivity index (χ4v) is 2.75. The van der Waals surface area contributed by atoms with Crippen LogP contribution in [0.15, 0.2) is 39.5 Å². The molecule has 1 unspecified atom stereocenters. The SMILES string of the molecule is CC(Nc1ccc(Br)cc1Br)c1cnn(C)c1. The molecule has 0 aliphatic rings. The van der Waals surface area contributed by atoms with E-state index in [9.17, 15) is 0 Å². The van der Waals surface area contributed by atoms with Gasteiger partial charge in [0.2, 0.25) is 0 Å². The summed E-state index contributed by atoms with van der Waals surface area (Å²) in [6, 6.07) is 6.31. The number of aromatic nitrogens is 2. The van der Waals surface area contributed by atoms with Crippen molar-refractivity contribution >= 4 is 37.5 Å². The number of rotatable bonds is 3. The van der Waals surface area contributed by atoms with Gasteiger partial charge in [-0.1, -0.05) is 15.9 Å². The highest BCUT2D eigenvalue weighted by molar-refractivity contribution is 9.11. The molecule has 17 heavy (non-hydrogen) atoms. The molecule has 1 heterocycles. The van der Waals surface area contributed by atoms with Crippen LogP contribution in [0.2, 0.25) is 0 Å². The fourth-order valence-electron chi connectivity index (χ4n) is 1.59. The molecule has 0 spiro atoms. The second-order valence-electron chi connectivity index (χ2n) is 3.94. The summed E-state index contributed by atoms with van der Waals surface area (Å²) in [6.45, 7) is 2.12. The Kier molecular flexibility index (Phi) is 3.89. The van der Waals surface area contributed by atoms with Crippen molar-refractivity contribution in [2.24, 2.45) is 7.05 Å². The predicted octanol–water partition coefficient (Wildman–Crippen LogP) is 4.12. The molecule has 2 rings (SSSR count). The minimum absolute atomic E-state index is 0.223. The third-order valence-electron chi connectivity index (χ3n) is 2.53. The summed E-state index contributed by atoms with van der Waals surface area (Å²) in [5, 5.41) is 7.62. The average molecular weight is 359 g/mol. The van der Waals surface area contributed by atoms with Crippen LogP contribution in [0.5, 0.6) is 0 Å². The summed E-state index contributed by atoms with van der Waals surface area (Å²) in [6.07, 6.45) is 3.90. The number of hydrogen-bond donors (Lipinski definition) is 1. The first-order valence-electron chi connectivity index (χ1n) is 5.26. The molecule has 0 aliphatic heterocycles. The molecular weight excluding hydrogens is 346 g/mol. The fraction of sp³-hybridized carbons (Fsp3) is 0.250. The maximum Gasteiger partial charge on any atom is 0.0542 e. The Morgan fingerprint density at radius 1 is 1.35 bits per heavy atom. The highest BCUT2D eigenvalue weighted by Gasteiger charge is 2.09. The van der Waals surface area contributed by atoms with E-state index in [-0.39, 0.29) is 6.04 Å². The lowest BCUT2D eigenvalue weighted by molar-refractivity contribution is 0.765. The van der Waals surface area contributed by atoms with E-state index in [1.807, 2.05) is 42.3 Å². The first-order chi connectivity index (χ1) is 8.06. The lowest BCUT2D eigenvalue weighted by atomic mass is 10.2. The molecule has 1 N–H and O–H groups in total. The summed E-state index contributed by atoms with van der Waals surface area (Å²) in [5.74, 6) is 0. The minimum Gasteiger partial charge on any atom is -0.377 e. The number of aryl methyl sites for hydroxylation is 1. The third-order valence-corrected chi connectivity index (χ3v) is 3.68. The van der Waals surface area contributed by atoms with Gasteiger partial charge in [-0.25, -0.2) is 0 Å². The van der Waals surface area contributed by atoms with Gasteiger partial charge in [-0.05, 0) is 41.1 Å². The van der Waals surface area contributed by atoms with Crippen molar-refractivity contribution in [3.63, 3.8) is 0 Å². The number of hydrogen-bond acceptors (Lipinski definition) is 2. The van der Waals surface area contributed by atoms with Gasteiger partial charge in [0, 0.05) is 33.4 Å². The molecule has 0 aliphatic carbocycles. The van der Waals surface area contributed by atoms with Gasteiger partial charge < -0.3 is 5.32 Å². The van der Waals surface area contributed by atoms with Gasteiger partial charge in [-0.15, -0.1) is 0 Å². The molecule has 0 radical (unpaired) electrons. The Bertz CT molecular complexity index is 522. The largest absolute Gasteiger partial charge is 0.377 e. The van der Waals surface area contributed by atoms with Crippen LogP contribution in [0.3, 0.4) is 0 Å². The number of nitrogens with one attached hydrogen (secondary N) is 1. The van der Waals surface area contributed by atoms with Gasteiger partial charge in [0.25, 0.3) is 0 Å². The zero-order chi connectivity index (χ0) is 12.4. The van der Waals surface area contributed by atoms with E-state index in [1.165, 1.54) is 5.56 Å². The molecule has 5 heteroatoms. The Hall–Kier alpha value is -0.810. The van der Waals surface area contributed by atoms with Crippen LogP contribution in [0, 0.1) is 0 Å². The Labute approximate surface area is 117 Å². The topological polar surface area (TPSA) is 29.9 Å². The zero-order valence-electron chi connectivity index (χ0n) is 9.61. The van der Waals surface area contributed by atoms with Crippen LogP contribution < -0.4 is 5.32 Å². The number of halogens is 2. The van der Waals surface area contributed by atoms with Crippen LogP contribution in [-0.2, 0) is 7.05 Å². The monoisotopic (exact) mass is 357 g/mol. The van der Waals surface area contributed by atoms with Crippen LogP contribution in [-0.4, -0.2) is 9.78 Å². The third kappa shape index (κ3) is 3.10. The molecule has 0 saturated heterocycles. The van der Waals surface area contributed by atoms with E-state index in [0.717, 1.165) is 14.6 Å². The van der Waals surface area contributed by atoms with Crippen molar-refractivity contribution in [1.29, 1.82) is 0 Å². The molecule has 90 valence electrons. The molecule has 2 aromatic rings. The van der Waals surface area contributed by atoms with Crippen LogP contribution in [0.1, 0.15) is 18.5 Å². The van der Waals surface area contributed by atoms with Crippen molar-refractivity contribution in [2.45, 2.75) is 13.0 Å². The molecule has 1 aromatic carbocycles. The van der Waals surface area contributed by atoms with Crippen molar-refractivity contribution < 1.29 is 0 Å². The second kappa shape index (κ2) is 5.23. The number of nitrogens with zero attached hydrogens (tertiary/aromatic N) is 2. The quantitative estimate of drug-likeness (QED) is 0.894. The number of benzene rings is 1. The van der Waals surface area contributed by atoms with Crippen LogP contribution >= 0.6 is 31.9 Å². The first-order valence-corrected chi connectivity index (χ1v) is 6.85. The van der Waals surface area contributed by atoms with E-state index in [4.69, 9.17) is 0 Å². The Balaban J connectivity index is 2.15. The van der Waals surface area contributed by atoms with E-state index in [1.54, 1.807) is 0 Å². The standard InChI is InChI=1S/C12H13Br2N3/c1-8(9-6-15-17(2)7-9)16-12-4-3-10(13)5-11(12)14/h3-8,16H,1-2H3. The van der Waals surface area contributed by atoms with Gasteiger partial charge in [0.15, 0.2) is 0 Å². The van der Waals surface area contributed by atoms with Crippen LogP contribution in [0.25, 0.3) is 0 Å². The highest BCUT2D eigenvalue weighted by atomic mass is 79.9. The smallest absolute Gasteiger partial charge is 0.0542 e. The average Bonchev–Trinajstić information content (AvgIpc) is 2.69. The molecule has 0 saturated carbocycles. The van der Waals surface area contributed by atoms with Crippen LogP contribution in [0.4, 0.5) is 5.69 Å². The lowest BCUT2D eigenvalue weighted by Gasteiger charge is -2.15. The van der Waals surface area contributed by atoms with Gasteiger partial charge >= 0.3 is 0 Å².